The Morgan fingerprint density at radius 3 is 0.812 bits per heavy atom. The Morgan fingerprint density at radius 1 is 0.500 bits per heavy atom. The fourth-order valence-electron chi connectivity index (χ4n) is 1.05. The Bertz CT molecular complexity index is 343. The number of benzene rings is 1. The lowest BCUT2D eigenvalue weighted by atomic mass is 10.1. The molecule has 0 saturated carbocycles. The van der Waals surface area contributed by atoms with Gasteiger partial charge in [-0.15, -0.1) is 0 Å². The number of halogens is 8. The summed E-state index contributed by atoms with van der Waals surface area (Å²) in [5.41, 5.74) is -4.39. The highest BCUT2D eigenvalue weighted by molar-refractivity contribution is 5.31. The van der Waals surface area contributed by atoms with Crippen molar-refractivity contribution in [1.29, 1.82) is 0 Å². The maximum atomic E-state index is 12.7. The number of alkyl halides is 4. The summed E-state index contributed by atoms with van der Waals surface area (Å²) >= 11 is 0. The summed E-state index contributed by atoms with van der Waals surface area (Å²) in [5.74, 6) is -10.0. The van der Waals surface area contributed by atoms with Gasteiger partial charge in [-0.05, 0) is 0 Å². The molecule has 0 amide bonds. The second kappa shape index (κ2) is 4.26. The molecule has 8 heteroatoms. The van der Waals surface area contributed by atoms with Crippen molar-refractivity contribution in [3.05, 3.63) is 34.4 Å². The van der Waals surface area contributed by atoms with E-state index in [1.807, 2.05) is 0 Å². The second-order valence-corrected chi connectivity index (χ2v) is 2.68. The molecule has 16 heavy (non-hydrogen) atoms. The van der Waals surface area contributed by atoms with Gasteiger partial charge in [0, 0.05) is 0 Å². The SMILES string of the molecule is Fc1c(F)c(C(F)F)c(F)c(F)c1C(F)F. The van der Waals surface area contributed by atoms with Crippen LogP contribution in [0.15, 0.2) is 0 Å². The predicted octanol–water partition coefficient (Wildman–Crippen LogP) is 4.12. The van der Waals surface area contributed by atoms with Crippen molar-refractivity contribution in [2.45, 2.75) is 12.9 Å². The highest BCUT2D eigenvalue weighted by Crippen LogP contribution is 2.34. The molecule has 1 aromatic rings. The molecule has 0 aromatic heterocycles. The van der Waals surface area contributed by atoms with Crippen LogP contribution in [-0.4, -0.2) is 0 Å². The van der Waals surface area contributed by atoms with E-state index < -0.39 is 47.2 Å². The van der Waals surface area contributed by atoms with E-state index in [2.05, 4.69) is 0 Å². The molecule has 0 bridgehead atoms. The van der Waals surface area contributed by atoms with E-state index >= 15 is 0 Å². The molecule has 0 nitrogen and oxygen atoms in total. The van der Waals surface area contributed by atoms with Crippen molar-refractivity contribution in [2.75, 3.05) is 0 Å². The van der Waals surface area contributed by atoms with Crippen molar-refractivity contribution < 1.29 is 35.1 Å². The van der Waals surface area contributed by atoms with Crippen LogP contribution in [0, 0.1) is 23.3 Å². The fourth-order valence-corrected chi connectivity index (χ4v) is 1.05. The quantitative estimate of drug-likeness (QED) is 0.547. The van der Waals surface area contributed by atoms with Gasteiger partial charge in [0.1, 0.15) is 0 Å². The highest BCUT2D eigenvalue weighted by atomic mass is 19.3. The van der Waals surface area contributed by atoms with Gasteiger partial charge in [0.05, 0.1) is 11.1 Å². The van der Waals surface area contributed by atoms with Crippen LogP contribution in [0.3, 0.4) is 0 Å². The second-order valence-electron chi connectivity index (χ2n) is 2.68. The number of rotatable bonds is 2. The highest BCUT2D eigenvalue weighted by Gasteiger charge is 2.33. The molecule has 0 radical (unpaired) electrons. The first-order valence-electron chi connectivity index (χ1n) is 3.71. The van der Waals surface area contributed by atoms with E-state index in [1.54, 1.807) is 0 Å². The molecule has 0 fully saturated rings. The zero-order valence-corrected chi connectivity index (χ0v) is 7.18. The normalized spacial score (nSPS) is 11.6. The summed E-state index contributed by atoms with van der Waals surface area (Å²) < 4.78 is 98.8. The van der Waals surface area contributed by atoms with E-state index in [9.17, 15) is 35.1 Å². The molecular weight excluding hydrogens is 248 g/mol. The fraction of sp³-hybridized carbons (Fsp3) is 0.250. The maximum absolute atomic E-state index is 12.7. The molecule has 90 valence electrons. The van der Waals surface area contributed by atoms with E-state index in [0.717, 1.165) is 0 Å². The molecule has 0 spiro atoms. The molecule has 0 saturated heterocycles. The van der Waals surface area contributed by atoms with Gasteiger partial charge in [-0.3, -0.25) is 0 Å². The van der Waals surface area contributed by atoms with Crippen molar-refractivity contribution in [3.63, 3.8) is 0 Å². The van der Waals surface area contributed by atoms with Gasteiger partial charge in [-0.2, -0.15) is 0 Å². The van der Waals surface area contributed by atoms with Crippen LogP contribution < -0.4 is 0 Å². The Labute approximate surface area is 83.5 Å². The third-order valence-electron chi connectivity index (χ3n) is 1.77. The van der Waals surface area contributed by atoms with Gasteiger partial charge < -0.3 is 0 Å². The molecular formula is C8H2F8. The summed E-state index contributed by atoms with van der Waals surface area (Å²) in [5, 5.41) is 0. The lowest BCUT2D eigenvalue weighted by Gasteiger charge is -2.10. The zero-order chi connectivity index (χ0) is 12.6. The van der Waals surface area contributed by atoms with Crippen LogP contribution >= 0.6 is 0 Å². The molecule has 1 aromatic carbocycles. The molecule has 0 heterocycles. The van der Waals surface area contributed by atoms with Gasteiger partial charge in [0.2, 0.25) is 0 Å². The van der Waals surface area contributed by atoms with Crippen molar-refractivity contribution in [2.24, 2.45) is 0 Å². The van der Waals surface area contributed by atoms with Crippen LogP contribution in [-0.2, 0) is 0 Å². The van der Waals surface area contributed by atoms with Crippen LogP contribution in [0.5, 0.6) is 0 Å². The average Bonchev–Trinajstić information content (AvgIpc) is 2.14. The van der Waals surface area contributed by atoms with Crippen molar-refractivity contribution in [1.82, 2.24) is 0 Å². The number of hydrogen-bond donors (Lipinski definition) is 0. The average molecular weight is 250 g/mol. The molecule has 1 rings (SSSR count). The Morgan fingerprint density at radius 2 is 0.688 bits per heavy atom. The van der Waals surface area contributed by atoms with Gasteiger partial charge >= 0.3 is 0 Å². The lowest BCUT2D eigenvalue weighted by Crippen LogP contribution is -2.09. The Hall–Kier alpha value is -1.34. The third-order valence-corrected chi connectivity index (χ3v) is 1.77. The molecule has 0 aliphatic carbocycles. The van der Waals surface area contributed by atoms with Gasteiger partial charge in [-0.1, -0.05) is 0 Å². The molecule has 0 aliphatic heterocycles. The van der Waals surface area contributed by atoms with Gasteiger partial charge in [0.25, 0.3) is 12.9 Å². The molecule has 0 N–H and O–H groups in total. The first kappa shape index (κ1) is 12.7. The van der Waals surface area contributed by atoms with Gasteiger partial charge in [-0.25, -0.2) is 35.1 Å². The van der Waals surface area contributed by atoms with Crippen molar-refractivity contribution >= 4 is 0 Å². The minimum atomic E-state index is -3.85. The van der Waals surface area contributed by atoms with E-state index in [1.165, 1.54) is 0 Å². The monoisotopic (exact) mass is 250 g/mol. The smallest absolute Gasteiger partial charge is 0.205 e. The summed E-state index contributed by atoms with van der Waals surface area (Å²) in [6.07, 6.45) is -7.70. The van der Waals surface area contributed by atoms with E-state index in [-0.39, 0.29) is 0 Å². The van der Waals surface area contributed by atoms with Crippen LogP contribution in [0.2, 0.25) is 0 Å². The minimum absolute atomic E-state index is 2.20. The predicted molar refractivity (Wildman–Crippen MR) is 36.2 cm³/mol. The first-order chi connectivity index (χ1) is 7.29. The molecule has 0 aliphatic rings. The maximum Gasteiger partial charge on any atom is 0.269 e. The molecule has 0 atom stereocenters. The summed E-state index contributed by atoms with van der Waals surface area (Å²) in [4.78, 5) is 0. The summed E-state index contributed by atoms with van der Waals surface area (Å²) in [6.45, 7) is 0. The summed E-state index contributed by atoms with van der Waals surface area (Å²) in [7, 11) is 0. The first-order valence-corrected chi connectivity index (χ1v) is 3.71. The van der Waals surface area contributed by atoms with E-state index in [0.29, 0.717) is 0 Å². The number of hydrogen-bond acceptors (Lipinski definition) is 0. The topological polar surface area (TPSA) is 0 Å². The van der Waals surface area contributed by atoms with E-state index in [4.69, 9.17) is 0 Å². The standard InChI is InChI=1S/C8H2F8/c9-3-1(7(13)14)4(10)6(12)2(5(3)11)8(15)16/h7-8H. The minimum Gasteiger partial charge on any atom is -0.205 e. The third kappa shape index (κ3) is 1.83. The largest absolute Gasteiger partial charge is 0.269 e. The Kier molecular flexibility index (Phi) is 3.39. The summed E-state index contributed by atoms with van der Waals surface area (Å²) in [6, 6.07) is 0. The van der Waals surface area contributed by atoms with Crippen LogP contribution in [0.4, 0.5) is 35.1 Å². The van der Waals surface area contributed by atoms with Crippen LogP contribution in [0.25, 0.3) is 0 Å². The van der Waals surface area contributed by atoms with Gasteiger partial charge in [0.15, 0.2) is 23.3 Å². The Balaban J connectivity index is 3.63. The zero-order valence-electron chi connectivity index (χ0n) is 7.18. The molecule has 0 unspecified atom stereocenters. The lowest BCUT2D eigenvalue weighted by molar-refractivity contribution is 0.125. The van der Waals surface area contributed by atoms with Crippen molar-refractivity contribution in [3.8, 4) is 0 Å². The van der Waals surface area contributed by atoms with Crippen LogP contribution in [0.1, 0.15) is 24.0 Å².